The third-order valence-corrected chi connectivity index (χ3v) is 3.41. The van der Waals surface area contributed by atoms with Crippen molar-refractivity contribution in [3.63, 3.8) is 0 Å². The van der Waals surface area contributed by atoms with E-state index in [0.717, 1.165) is 16.8 Å². The van der Waals surface area contributed by atoms with Gasteiger partial charge in [0, 0.05) is 25.6 Å². The molecule has 2 rings (SSSR count). The van der Waals surface area contributed by atoms with Crippen LogP contribution in [0.4, 0.5) is 4.79 Å². The van der Waals surface area contributed by atoms with Gasteiger partial charge in [-0.3, -0.25) is 4.79 Å². The molecule has 1 aliphatic rings. The Morgan fingerprint density at radius 1 is 1.33 bits per heavy atom. The van der Waals surface area contributed by atoms with Crippen molar-refractivity contribution in [1.82, 2.24) is 9.88 Å². The molecule has 1 aromatic rings. The minimum Gasteiger partial charge on any atom is -0.444 e. The number of ether oxygens (including phenoxy) is 1. The lowest BCUT2D eigenvalue weighted by atomic mass is 9.99. The molecule has 1 amide bonds. The van der Waals surface area contributed by atoms with E-state index in [9.17, 15) is 9.59 Å². The number of aryl methyl sites for hydroxylation is 1. The largest absolute Gasteiger partial charge is 0.444 e. The van der Waals surface area contributed by atoms with E-state index in [1.54, 1.807) is 11.0 Å². The summed E-state index contributed by atoms with van der Waals surface area (Å²) in [5.74, 6) is -0.0320. The molecule has 0 saturated heterocycles. The van der Waals surface area contributed by atoms with Crippen LogP contribution in [0, 0.1) is 6.92 Å². The maximum absolute atomic E-state index is 12.1. The predicted molar refractivity (Wildman–Crippen MR) is 79.3 cm³/mol. The fourth-order valence-corrected chi connectivity index (χ4v) is 2.36. The van der Waals surface area contributed by atoms with Crippen molar-refractivity contribution < 1.29 is 14.3 Å². The first-order valence-electron chi connectivity index (χ1n) is 7.15. The van der Waals surface area contributed by atoms with Gasteiger partial charge in [0.25, 0.3) is 0 Å². The summed E-state index contributed by atoms with van der Waals surface area (Å²) in [5, 5.41) is 0. The van der Waals surface area contributed by atoms with E-state index >= 15 is 0 Å². The fourth-order valence-electron chi connectivity index (χ4n) is 2.36. The second-order valence-corrected chi connectivity index (χ2v) is 6.46. The molecular formula is C16H22N2O3. The SMILES string of the molecule is CC(=O)c1cc(C)c2c(n1)CCN(C(=O)OC(C)(C)C)C2. The second-order valence-electron chi connectivity index (χ2n) is 6.46. The van der Waals surface area contributed by atoms with Crippen LogP contribution in [0.15, 0.2) is 6.07 Å². The Balaban J connectivity index is 2.21. The first-order chi connectivity index (χ1) is 9.67. The number of nitrogens with zero attached hydrogens (tertiary/aromatic N) is 2. The number of rotatable bonds is 1. The number of carbonyl (C=O) groups is 2. The molecule has 0 bridgehead atoms. The molecule has 1 aliphatic heterocycles. The van der Waals surface area contributed by atoms with Crippen molar-refractivity contribution in [3.8, 4) is 0 Å². The summed E-state index contributed by atoms with van der Waals surface area (Å²) in [7, 11) is 0. The maximum Gasteiger partial charge on any atom is 0.410 e. The number of carbonyl (C=O) groups excluding carboxylic acids is 2. The van der Waals surface area contributed by atoms with Crippen molar-refractivity contribution in [2.75, 3.05) is 6.54 Å². The van der Waals surface area contributed by atoms with Gasteiger partial charge in [-0.1, -0.05) is 0 Å². The summed E-state index contributed by atoms with van der Waals surface area (Å²) in [6.07, 6.45) is 0.347. The van der Waals surface area contributed by atoms with E-state index in [0.29, 0.717) is 25.2 Å². The standard InChI is InChI=1S/C16H22N2O3/c1-10-8-14(11(2)19)17-13-6-7-18(9-12(10)13)15(20)21-16(3,4)5/h8H,6-7,9H2,1-5H3. The van der Waals surface area contributed by atoms with Crippen LogP contribution in [0.2, 0.25) is 0 Å². The molecule has 0 fully saturated rings. The average molecular weight is 290 g/mol. The highest BCUT2D eigenvalue weighted by molar-refractivity contribution is 5.92. The maximum atomic E-state index is 12.1. The van der Waals surface area contributed by atoms with Crippen LogP contribution >= 0.6 is 0 Å². The zero-order chi connectivity index (χ0) is 15.8. The molecule has 21 heavy (non-hydrogen) atoms. The van der Waals surface area contributed by atoms with Gasteiger partial charge >= 0.3 is 6.09 Å². The Morgan fingerprint density at radius 2 is 2.00 bits per heavy atom. The average Bonchev–Trinajstić information content (AvgIpc) is 2.36. The Kier molecular flexibility index (Phi) is 4.03. The molecule has 0 N–H and O–H groups in total. The van der Waals surface area contributed by atoms with Gasteiger partial charge in [0.05, 0.1) is 6.54 Å². The highest BCUT2D eigenvalue weighted by Crippen LogP contribution is 2.23. The van der Waals surface area contributed by atoms with E-state index in [1.807, 2.05) is 27.7 Å². The van der Waals surface area contributed by atoms with Crippen LogP contribution in [0.1, 0.15) is 55.0 Å². The lowest BCUT2D eigenvalue weighted by Crippen LogP contribution is -2.40. The second kappa shape index (κ2) is 5.47. The molecule has 0 atom stereocenters. The molecule has 0 saturated carbocycles. The van der Waals surface area contributed by atoms with Crippen LogP contribution in [-0.4, -0.2) is 33.9 Å². The molecular weight excluding hydrogens is 268 g/mol. The lowest BCUT2D eigenvalue weighted by molar-refractivity contribution is 0.0222. The van der Waals surface area contributed by atoms with Crippen molar-refractivity contribution in [2.24, 2.45) is 0 Å². The van der Waals surface area contributed by atoms with Crippen LogP contribution in [-0.2, 0) is 17.7 Å². The van der Waals surface area contributed by atoms with Gasteiger partial charge in [-0.25, -0.2) is 9.78 Å². The van der Waals surface area contributed by atoms with Crippen molar-refractivity contribution >= 4 is 11.9 Å². The van der Waals surface area contributed by atoms with E-state index in [4.69, 9.17) is 4.74 Å². The zero-order valence-electron chi connectivity index (χ0n) is 13.3. The summed E-state index contributed by atoms with van der Waals surface area (Å²) < 4.78 is 5.41. The number of pyridine rings is 1. The number of aromatic nitrogens is 1. The first-order valence-corrected chi connectivity index (χ1v) is 7.15. The predicted octanol–water partition coefficient (Wildman–Crippen LogP) is 2.89. The number of hydrogen-bond donors (Lipinski definition) is 0. The van der Waals surface area contributed by atoms with Gasteiger partial charge < -0.3 is 9.64 Å². The lowest BCUT2D eigenvalue weighted by Gasteiger charge is -2.31. The van der Waals surface area contributed by atoms with Crippen molar-refractivity contribution in [1.29, 1.82) is 0 Å². The topological polar surface area (TPSA) is 59.5 Å². The van der Waals surface area contributed by atoms with E-state index < -0.39 is 5.60 Å². The molecule has 0 radical (unpaired) electrons. The minimum absolute atomic E-state index is 0.0320. The molecule has 114 valence electrons. The molecule has 0 aliphatic carbocycles. The molecule has 5 heteroatoms. The zero-order valence-corrected chi connectivity index (χ0v) is 13.3. The van der Waals surface area contributed by atoms with Gasteiger partial charge in [0.1, 0.15) is 11.3 Å². The van der Waals surface area contributed by atoms with Gasteiger partial charge in [0.15, 0.2) is 5.78 Å². The number of ketones is 1. The van der Waals surface area contributed by atoms with Gasteiger partial charge in [0.2, 0.25) is 0 Å². The summed E-state index contributed by atoms with van der Waals surface area (Å²) in [5.41, 5.74) is 2.94. The highest BCUT2D eigenvalue weighted by atomic mass is 16.6. The Morgan fingerprint density at radius 3 is 2.57 bits per heavy atom. The number of hydrogen-bond acceptors (Lipinski definition) is 4. The van der Waals surface area contributed by atoms with Crippen LogP contribution in [0.25, 0.3) is 0 Å². The monoisotopic (exact) mass is 290 g/mol. The van der Waals surface area contributed by atoms with Crippen molar-refractivity contribution in [3.05, 3.63) is 28.6 Å². The van der Waals surface area contributed by atoms with Crippen LogP contribution in [0.5, 0.6) is 0 Å². The fraction of sp³-hybridized carbons (Fsp3) is 0.562. The van der Waals surface area contributed by atoms with E-state index in [2.05, 4.69) is 4.98 Å². The number of fused-ring (bicyclic) bond motifs is 1. The third-order valence-electron chi connectivity index (χ3n) is 3.41. The Bertz CT molecular complexity index is 588. The Hall–Kier alpha value is -1.91. The van der Waals surface area contributed by atoms with Crippen molar-refractivity contribution in [2.45, 2.75) is 53.2 Å². The van der Waals surface area contributed by atoms with Crippen LogP contribution < -0.4 is 0 Å². The molecule has 1 aromatic heterocycles. The first kappa shape index (κ1) is 15.5. The summed E-state index contributed by atoms with van der Waals surface area (Å²) >= 11 is 0. The quantitative estimate of drug-likeness (QED) is 0.746. The normalized spacial score (nSPS) is 14.6. The van der Waals surface area contributed by atoms with Gasteiger partial charge in [-0.2, -0.15) is 0 Å². The molecule has 0 spiro atoms. The number of amides is 1. The minimum atomic E-state index is -0.497. The molecule has 5 nitrogen and oxygen atoms in total. The summed E-state index contributed by atoms with van der Waals surface area (Å²) in [6.45, 7) is 10.1. The Labute approximate surface area is 125 Å². The summed E-state index contributed by atoms with van der Waals surface area (Å²) in [6, 6.07) is 1.79. The molecule has 0 unspecified atom stereocenters. The summed E-state index contributed by atoms with van der Waals surface area (Å²) in [4.78, 5) is 29.7. The van der Waals surface area contributed by atoms with Gasteiger partial charge in [-0.15, -0.1) is 0 Å². The smallest absolute Gasteiger partial charge is 0.410 e. The van der Waals surface area contributed by atoms with Crippen LogP contribution in [0.3, 0.4) is 0 Å². The third kappa shape index (κ3) is 3.60. The highest BCUT2D eigenvalue weighted by Gasteiger charge is 2.27. The molecule has 0 aromatic carbocycles. The van der Waals surface area contributed by atoms with E-state index in [1.165, 1.54) is 6.92 Å². The van der Waals surface area contributed by atoms with Gasteiger partial charge in [-0.05, 0) is 44.9 Å². The number of Topliss-reactive ketones (excluding diaryl/α,β-unsaturated/α-hetero) is 1. The van der Waals surface area contributed by atoms with E-state index in [-0.39, 0.29) is 11.9 Å². The molecule has 2 heterocycles.